The molecule has 6 rings (SSSR count). The lowest BCUT2D eigenvalue weighted by Crippen LogP contribution is -2.12. The van der Waals surface area contributed by atoms with Gasteiger partial charge in [-0.05, 0) is 177 Å². The Morgan fingerprint density at radius 1 is 0.438 bits per heavy atom. The average molecular weight is 629 g/mol. The van der Waals surface area contributed by atoms with Crippen LogP contribution >= 0.6 is 0 Å². The van der Waals surface area contributed by atoms with Gasteiger partial charge in [-0.2, -0.15) is 0 Å². The van der Waals surface area contributed by atoms with Crippen molar-refractivity contribution in [3.05, 3.63) is 166 Å². The predicted octanol–water partition coefficient (Wildman–Crippen LogP) is 13.7. The molecule has 0 heterocycles. The summed E-state index contributed by atoms with van der Waals surface area (Å²) in [6.07, 6.45) is 1.14. The van der Waals surface area contributed by atoms with Gasteiger partial charge in [0.15, 0.2) is 0 Å². The van der Waals surface area contributed by atoms with Gasteiger partial charge in [-0.3, -0.25) is 0 Å². The van der Waals surface area contributed by atoms with E-state index in [4.69, 9.17) is 0 Å². The standard InChI is InChI=1S/C46H48N2/c1-9-34(5)44-22-21-43(30-35(44)6)48(42-18-12-15-33(4)27-42)46-24-20-39(29-37(46)8)38-19-23-45(36(7)28-38)47(40-16-10-13-31(2)25-40)41-17-11-14-32(3)26-41/h10-30,34H,9H2,1-8H3. The van der Waals surface area contributed by atoms with Crippen molar-refractivity contribution in [2.75, 3.05) is 9.80 Å². The number of anilines is 6. The Morgan fingerprint density at radius 2 is 0.854 bits per heavy atom. The van der Waals surface area contributed by atoms with Gasteiger partial charge >= 0.3 is 0 Å². The largest absolute Gasteiger partial charge is 0.310 e. The average Bonchev–Trinajstić information content (AvgIpc) is 3.06. The number of benzene rings is 6. The van der Waals surface area contributed by atoms with Gasteiger partial charge in [0.25, 0.3) is 0 Å². The second-order valence-electron chi connectivity index (χ2n) is 13.5. The molecular weight excluding hydrogens is 581 g/mol. The Hall–Kier alpha value is -5.08. The highest BCUT2D eigenvalue weighted by Gasteiger charge is 2.19. The van der Waals surface area contributed by atoms with Crippen LogP contribution < -0.4 is 9.80 Å². The summed E-state index contributed by atoms with van der Waals surface area (Å²) in [5.74, 6) is 0.544. The molecule has 1 unspecified atom stereocenters. The highest BCUT2D eigenvalue weighted by atomic mass is 15.1. The summed E-state index contributed by atoms with van der Waals surface area (Å²) in [4.78, 5) is 4.79. The zero-order valence-electron chi connectivity index (χ0n) is 29.8. The summed E-state index contributed by atoms with van der Waals surface area (Å²) >= 11 is 0. The van der Waals surface area contributed by atoms with Crippen molar-refractivity contribution >= 4 is 34.1 Å². The molecular formula is C46H48N2. The van der Waals surface area contributed by atoms with Crippen molar-refractivity contribution in [2.45, 2.75) is 67.7 Å². The highest BCUT2D eigenvalue weighted by molar-refractivity contribution is 5.83. The number of hydrogen-bond acceptors (Lipinski definition) is 2. The van der Waals surface area contributed by atoms with Gasteiger partial charge in [-0.15, -0.1) is 0 Å². The van der Waals surface area contributed by atoms with Gasteiger partial charge in [-0.25, -0.2) is 0 Å². The van der Waals surface area contributed by atoms with Crippen molar-refractivity contribution in [1.29, 1.82) is 0 Å². The lowest BCUT2D eigenvalue weighted by Gasteiger charge is -2.29. The summed E-state index contributed by atoms with van der Waals surface area (Å²) in [5, 5.41) is 0. The highest BCUT2D eigenvalue weighted by Crippen LogP contribution is 2.42. The van der Waals surface area contributed by atoms with Crippen molar-refractivity contribution in [3.8, 4) is 11.1 Å². The molecule has 0 saturated carbocycles. The summed E-state index contributed by atoms with van der Waals surface area (Å²) < 4.78 is 0. The van der Waals surface area contributed by atoms with Crippen LogP contribution in [-0.2, 0) is 0 Å². The Kier molecular flexibility index (Phi) is 9.55. The molecule has 0 aromatic heterocycles. The monoisotopic (exact) mass is 628 g/mol. The van der Waals surface area contributed by atoms with Crippen molar-refractivity contribution in [2.24, 2.45) is 0 Å². The maximum absolute atomic E-state index is 2.41. The SMILES string of the molecule is CCC(C)c1ccc(N(c2cccc(C)c2)c2ccc(-c3ccc(N(c4cccc(C)c4)c4cccc(C)c4)c(C)c3)cc2C)cc1C. The molecule has 0 aliphatic carbocycles. The second kappa shape index (κ2) is 14.0. The quantitative estimate of drug-likeness (QED) is 0.157. The van der Waals surface area contributed by atoms with E-state index in [1.807, 2.05) is 0 Å². The lowest BCUT2D eigenvalue weighted by atomic mass is 9.93. The van der Waals surface area contributed by atoms with E-state index in [9.17, 15) is 0 Å². The third-order valence-electron chi connectivity index (χ3n) is 9.64. The van der Waals surface area contributed by atoms with E-state index in [-0.39, 0.29) is 0 Å². The number of aryl methyl sites for hydroxylation is 6. The van der Waals surface area contributed by atoms with E-state index in [1.165, 1.54) is 84.2 Å². The molecule has 2 nitrogen and oxygen atoms in total. The molecule has 6 aromatic carbocycles. The molecule has 0 radical (unpaired) electrons. The smallest absolute Gasteiger partial charge is 0.0491 e. The fraction of sp³-hybridized carbons (Fsp3) is 0.217. The molecule has 0 aliphatic heterocycles. The minimum absolute atomic E-state index is 0.544. The van der Waals surface area contributed by atoms with Crippen LogP contribution in [0.2, 0.25) is 0 Å². The van der Waals surface area contributed by atoms with Crippen LogP contribution in [0.25, 0.3) is 11.1 Å². The van der Waals surface area contributed by atoms with Crippen LogP contribution in [0.5, 0.6) is 0 Å². The minimum Gasteiger partial charge on any atom is -0.310 e. The molecule has 2 heteroatoms. The maximum Gasteiger partial charge on any atom is 0.0491 e. The molecule has 1 atom stereocenters. The van der Waals surface area contributed by atoms with Crippen molar-refractivity contribution in [3.63, 3.8) is 0 Å². The molecule has 0 aliphatic rings. The molecule has 48 heavy (non-hydrogen) atoms. The third-order valence-corrected chi connectivity index (χ3v) is 9.64. The van der Waals surface area contributed by atoms with E-state index in [1.54, 1.807) is 0 Å². The Labute approximate surface area is 288 Å². The third kappa shape index (κ3) is 6.80. The first-order chi connectivity index (χ1) is 23.1. The second-order valence-corrected chi connectivity index (χ2v) is 13.5. The van der Waals surface area contributed by atoms with E-state index < -0.39 is 0 Å². The number of hydrogen-bond donors (Lipinski definition) is 0. The molecule has 0 bridgehead atoms. The van der Waals surface area contributed by atoms with Gasteiger partial charge in [0.2, 0.25) is 0 Å². The maximum atomic E-state index is 2.41. The molecule has 0 amide bonds. The topological polar surface area (TPSA) is 6.48 Å². The minimum atomic E-state index is 0.544. The molecule has 0 fully saturated rings. The van der Waals surface area contributed by atoms with Crippen LogP contribution in [0, 0.1) is 41.5 Å². The molecule has 6 aromatic rings. The normalized spacial score (nSPS) is 11.8. The number of nitrogens with zero attached hydrogens (tertiary/aromatic N) is 2. The molecule has 242 valence electrons. The van der Waals surface area contributed by atoms with Crippen LogP contribution in [-0.4, -0.2) is 0 Å². The van der Waals surface area contributed by atoms with Gasteiger partial charge < -0.3 is 9.80 Å². The zero-order chi connectivity index (χ0) is 33.9. The van der Waals surface area contributed by atoms with E-state index >= 15 is 0 Å². The van der Waals surface area contributed by atoms with E-state index in [2.05, 4.69) is 193 Å². The number of rotatable bonds is 9. The first-order valence-corrected chi connectivity index (χ1v) is 17.3. The summed E-state index contributed by atoms with van der Waals surface area (Å²) in [7, 11) is 0. The molecule has 0 saturated heterocycles. The summed E-state index contributed by atoms with van der Waals surface area (Å²) in [5.41, 5.74) is 18.5. The first kappa shape index (κ1) is 32.8. The van der Waals surface area contributed by atoms with Crippen molar-refractivity contribution in [1.82, 2.24) is 0 Å². The van der Waals surface area contributed by atoms with Crippen LogP contribution in [0.4, 0.5) is 34.1 Å². The van der Waals surface area contributed by atoms with Gasteiger partial charge in [0, 0.05) is 34.1 Å². The Morgan fingerprint density at radius 3 is 1.21 bits per heavy atom. The lowest BCUT2D eigenvalue weighted by molar-refractivity contribution is 0.728. The Bertz CT molecular complexity index is 2020. The van der Waals surface area contributed by atoms with Gasteiger partial charge in [0.05, 0.1) is 0 Å². The fourth-order valence-corrected chi connectivity index (χ4v) is 6.90. The summed E-state index contributed by atoms with van der Waals surface area (Å²) in [6, 6.07) is 47.1. The zero-order valence-corrected chi connectivity index (χ0v) is 29.8. The predicted molar refractivity (Wildman–Crippen MR) is 208 cm³/mol. The van der Waals surface area contributed by atoms with E-state index in [0.717, 1.165) is 6.42 Å². The van der Waals surface area contributed by atoms with E-state index in [0.29, 0.717) is 5.92 Å². The summed E-state index contributed by atoms with van der Waals surface area (Å²) in [6.45, 7) is 17.8. The van der Waals surface area contributed by atoms with Crippen LogP contribution in [0.15, 0.2) is 127 Å². The van der Waals surface area contributed by atoms with Gasteiger partial charge in [-0.1, -0.05) is 68.4 Å². The Balaban J connectivity index is 1.40. The van der Waals surface area contributed by atoms with Crippen LogP contribution in [0.1, 0.15) is 65.1 Å². The molecule has 0 spiro atoms. The van der Waals surface area contributed by atoms with Gasteiger partial charge in [0.1, 0.15) is 0 Å². The fourth-order valence-electron chi connectivity index (χ4n) is 6.90. The first-order valence-electron chi connectivity index (χ1n) is 17.3. The van der Waals surface area contributed by atoms with Crippen molar-refractivity contribution < 1.29 is 0 Å². The molecule has 0 N–H and O–H groups in total. The van der Waals surface area contributed by atoms with Crippen LogP contribution in [0.3, 0.4) is 0 Å².